The van der Waals surface area contributed by atoms with Gasteiger partial charge in [-0.05, 0) is 19.8 Å². The van der Waals surface area contributed by atoms with Crippen LogP contribution >= 0.6 is 0 Å². The topological polar surface area (TPSA) is 86.7 Å². The third kappa shape index (κ3) is 7.43. The van der Waals surface area contributed by atoms with E-state index >= 15 is 0 Å². The molecule has 0 radical (unpaired) electrons. The lowest BCUT2D eigenvalue weighted by Crippen LogP contribution is -2.42. The maximum Gasteiger partial charge on any atom is 0.323 e. The van der Waals surface area contributed by atoms with E-state index in [0.717, 1.165) is 6.42 Å². The Morgan fingerprint density at radius 1 is 1.21 bits per heavy atom. The van der Waals surface area contributed by atoms with Gasteiger partial charge >= 0.3 is 5.97 Å². The first-order chi connectivity index (χ1) is 8.92. The highest BCUT2D eigenvalue weighted by Crippen LogP contribution is 2.07. The van der Waals surface area contributed by atoms with Crippen LogP contribution in [-0.4, -0.2) is 46.9 Å². The molecule has 6 heteroatoms. The zero-order valence-corrected chi connectivity index (χ0v) is 11.9. The molecule has 0 aliphatic rings. The van der Waals surface area contributed by atoms with E-state index in [1.54, 1.807) is 6.92 Å². The van der Waals surface area contributed by atoms with Gasteiger partial charge < -0.3 is 15.3 Å². The molecule has 0 bridgehead atoms. The molecule has 0 heterocycles. The van der Waals surface area contributed by atoms with Gasteiger partial charge in [0.05, 0.1) is 0 Å². The van der Waals surface area contributed by atoms with E-state index in [4.69, 9.17) is 5.11 Å². The number of aliphatic carboxylic acids is 1. The summed E-state index contributed by atoms with van der Waals surface area (Å²) in [4.78, 5) is 35.4. The van der Waals surface area contributed by atoms with Gasteiger partial charge in [0, 0.05) is 25.4 Å². The van der Waals surface area contributed by atoms with Crippen LogP contribution in [0, 0.1) is 0 Å². The molecule has 0 aromatic rings. The Labute approximate surface area is 114 Å². The number of carboxylic acids is 1. The predicted octanol–water partition coefficient (Wildman–Crippen LogP) is 1.00. The molecule has 0 aliphatic heterocycles. The largest absolute Gasteiger partial charge is 0.480 e. The fourth-order valence-corrected chi connectivity index (χ4v) is 1.57. The molecule has 1 unspecified atom stereocenters. The van der Waals surface area contributed by atoms with Crippen molar-refractivity contribution < 1.29 is 19.5 Å². The molecule has 0 aromatic carbocycles. The Balaban J connectivity index is 4.32. The van der Waals surface area contributed by atoms with Crippen molar-refractivity contribution >= 4 is 17.8 Å². The summed E-state index contributed by atoms with van der Waals surface area (Å²) < 4.78 is 0. The highest BCUT2D eigenvalue weighted by atomic mass is 16.4. The van der Waals surface area contributed by atoms with Gasteiger partial charge in [-0.1, -0.05) is 13.8 Å². The number of amides is 2. The minimum Gasteiger partial charge on any atom is -0.480 e. The first-order valence-corrected chi connectivity index (χ1v) is 6.70. The van der Waals surface area contributed by atoms with Crippen LogP contribution in [0.1, 0.15) is 46.5 Å². The fourth-order valence-electron chi connectivity index (χ4n) is 1.57. The molecule has 0 saturated heterocycles. The van der Waals surface area contributed by atoms with Crippen molar-refractivity contribution in [2.75, 3.05) is 13.1 Å². The third-order valence-electron chi connectivity index (χ3n) is 2.89. The average Bonchev–Trinajstić information content (AvgIpc) is 2.38. The predicted molar refractivity (Wildman–Crippen MR) is 71.6 cm³/mol. The molecular formula is C13H24N2O4. The van der Waals surface area contributed by atoms with Crippen molar-refractivity contribution in [2.24, 2.45) is 0 Å². The second-order valence-corrected chi connectivity index (χ2v) is 4.52. The lowest BCUT2D eigenvalue weighted by Gasteiger charge is -2.26. The molecule has 0 fully saturated rings. The third-order valence-corrected chi connectivity index (χ3v) is 2.89. The maximum absolute atomic E-state index is 11.9. The van der Waals surface area contributed by atoms with Crippen LogP contribution in [0.2, 0.25) is 0 Å². The average molecular weight is 272 g/mol. The molecule has 2 N–H and O–H groups in total. The normalized spacial score (nSPS) is 11.7. The Bertz CT molecular complexity index is 318. The molecular weight excluding hydrogens is 248 g/mol. The zero-order chi connectivity index (χ0) is 14.8. The van der Waals surface area contributed by atoms with Crippen LogP contribution in [0.3, 0.4) is 0 Å². The van der Waals surface area contributed by atoms with Crippen molar-refractivity contribution in [1.29, 1.82) is 0 Å². The van der Waals surface area contributed by atoms with Crippen LogP contribution in [0.4, 0.5) is 0 Å². The van der Waals surface area contributed by atoms with Gasteiger partial charge in [0.2, 0.25) is 11.8 Å². The van der Waals surface area contributed by atoms with Gasteiger partial charge in [-0.25, -0.2) is 0 Å². The van der Waals surface area contributed by atoms with Crippen molar-refractivity contribution in [3.8, 4) is 0 Å². The summed E-state index contributed by atoms with van der Waals surface area (Å²) in [6.45, 7) is 5.92. The summed E-state index contributed by atoms with van der Waals surface area (Å²) in [5, 5.41) is 11.5. The second-order valence-electron chi connectivity index (χ2n) is 4.52. The molecule has 0 aromatic heterocycles. The number of rotatable bonds is 9. The molecule has 0 rings (SSSR count). The van der Waals surface area contributed by atoms with E-state index < -0.39 is 5.97 Å². The van der Waals surface area contributed by atoms with E-state index in [-0.39, 0.29) is 37.2 Å². The van der Waals surface area contributed by atoms with Gasteiger partial charge in [0.15, 0.2) is 0 Å². The Morgan fingerprint density at radius 3 is 2.32 bits per heavy atom. The van der Waals surface area contributed by atoms with Gasteiger partial charge in [-0.2, -0.15) is 0 Å². The van der Waals surface area contributed by atoms with Gasteiger partial charge in [-0.3, -0.25) is 14.4 Å². The number of carbonyl (C=O) groups is 3. The lowest BCUT2D eigenvalue weighted by molar-refractivity contribution is -0.146. The molecule has 19 heavy (non-hydrogen) atoms. The Morgan fingerprint density at radius 2 is 1.84 bits per heavy atom. The van der Waals surface area contributed by atoms with Gasteiger partial charge in [0.25, 0.3) is 0 Å². The summed E-state index contributed by atoms with van der Waals surface area (Å²) >= 11 is 0. The molecule has 0 aliphatic carbocycles. The standard InChI is InChI=1S/C13H24N2O4/c1-4-8-14-11(16)6-7-12(17)15(9-13(18)19)10(3)5-2/h10H,4-9H2,1-3H3,(H,14,16)(H,18,19). The first-order valence-electron chi connectivity index (χ1n) is 6.70. The van der Waals surface area contributed by atoms with Crippen molar-refractivity contribution in [2.45, 2.75) is 52.5 Å². The fraction of sp³-hybridized carbons (Fsp3) is 0.769. The molecule has 2 amide bonds. The molecule has 110 valence electrons. The number of carbonyl (C=O) groups excluding carboxylic acids is 2. The zero-order valence-electron chi connectivity index (χ0n) is 11.9. The van der Waals surface area contributed by atoms with Crippen molar-refractivity contribution in [3.63, 3.8) is 0 Å². The minimum atomic E-state index is -1.04. The van der Waals surface area contributed by atoms with Crippen molar-refractivity contribution in [3.05, 3.63) is 0 Å². The summed E-state index contributed by atoms with van der Waals surface area (Å²) in [5.41, 5.74) is 0. The summed E-state index contributed by atoms with van der Waals surface area (Å²) in [6.07, 6.45) is 1.68. The monoisotopic (exact) mass is 272 g/mol. The Kier molecular flexibility index (Phi) is 8.57. The van der Waals surface area contributed by atoms with E-state index in [1.165, 1.54) is 4.90 Å². The smallest absolute Gasteiger partial charge is 0.323 e. The highest BCUT2D eigenvalue weighted by molar-refractivity contribution is 5.86. The number of nitrogens with one attached hydrogen (secondary N) is 1. The Hall–Kier alpha value is -1.59. The second kappa shape index (κ2) is 9.35. The van der Waals surface area contributed by atoms with E-state index in [9.17, 15) is 14.4 Å². The van der Waals surface area contributed by atoms with E-state index in [2.05, 4.69) is 5.32 Å². The number of hydrogen-bond donors (Lipinski definition) is 2. The van der Waals surface area contributed by atoms with Crippen LogP contribution in [-0.2, 0) is 14.4 Å². The minimum absolute atomic E-state index is 0.0488. The number of carboxylic acid groups (broad SMARTS) is 1. The molecule has 6 nitrogen and oxygen atoms in total. The highest BCUT2D eigenvalue weighted by Gasteiger charge is 2.21. The van der Waals surface area contributed by atoms with Crippen LogP contribution in [0.5, 0.6) is 0 Å². The maximum atomic E-state index is 11.9. The van der Waals surface area contributed by atoms with Crippen LogP contribution in [0.15, 0.2) is 0 Å². The summed E-state index contributed by atoms with van der Waals surface area (Å²) in [7, 11) is 0. The SMILES string of the molecule is CCCNC(=O)CCC(=O)N(CC(=O)O)C(C)CC. The summed E-state index contributed by atoms with van der Waals surface area (Å²) in [6, 6.07) is -0.137. The lowest BCUT2D eigenvalue weighted by atomic mass is 10.2. The van der Waals surface area contributed by atoms with Crippen LogP contribution < -0.4 is 5.32 Å². The van der Waals surface area contributed by atoms with E-state index in [0.29, 0.717) is 13.0 Å². The first kappa shape index (κ1) is 17.4. The molecule has 1 atom stereocenters. The van der Waals surface area contributed by atoms with E-state index in [1.807, 2.05) is 13.8 Å². The van der Waals surface area contributed by atoms with Crippen LogP contribution in [0.25, 0.3) is 0 Å². The molecule has 0 saturated carbocycles. The van der Waals surface area contributed by atoms with Gasteiger partial charge in [-0.15, -0.1) is 0 Å². The number of hydrogen-bond acceptors (Lipinski definition) is 3. The van der Waals surface area contributed by atoms with Gasteiger partial charge in [0.1, 0.15) is 6.54 Å². The quantitative estimate of drug-likeness (QED) is 0.655. The summed E-state index contributed by atoms with van der Waals surface area (Å²) in [5.74, 6) is -1.50. The number of nitrogens with zero attached hydrogens (tertiary/aromatic N) is 1. The van der Waals surface area contributed by atoms with Crippen molar-refractivity contribution in [1.82, 2.24) is 10.2 Å². The molecule has 0 spiro atoms.